The molecule has 0 saturated carbocycles. The molecule has 0 spiro atoms. The van der Waals surface area contributed by atoms with Crippen LogP contribution in [0.2, 0.25) is 0 Å². The molecule has 0 amide bonds. The molecule has 0 aliphatic heterocycles. The monoisotopic (exact) mass is 277 g/mol. The molecule has 0 aliphatic carbocycles. The molecule has 3 aromatic rings. The Morgan fingerprint density at radius 1 is 1.05 bits per heavy atom. The number of nitrogen functional groups attached to an aromatic ring is 1. The van der Waals surface area contributed by atoms with Gasteiger partial charge in [0.1, 0.15) is 18.2 Å². The van der Waals surface area contributed by atoms with E-state index in [1.165, 1.54) is 0 Å². The van der Waals surface area contributed by atoms with Crippen LogP contribution in [-0.2, 0) is 6.61 Å². The standard InChI is InChI=1S/C17H15N3O/c18-17(19)13-8-6-12(7-9-13)11-21-16-5-1-4-15-14(16)3-2-10-20-15/h1-10H,11H2,(H3,18,19). The average Bonchev–Trinajstić information content (AvgIpc) is 2.53. The lowest BCUT2D eigenvalue weighted by atomic mass is 10.1. The molecule has 2 aromatic carbocycles. The third-order valence-corrected chi connectivity index (χ3v) is 3.26. The van der Waals surface area contributed by atoms with Crippen LogP contribution < -0.4 is 10.5 Å². The van der Waals surface area contributed by atoms with Crippen LogP contribution in [-0.4, -0.2) is 10.8 Å². The van der Waals surface area contributed by atoms with E-state index in [1.54, 1.807) is 6.20 Å². The van der Waals surface area contributed by atoms with Gasteiger partial charge in [0.2, 0.25) is 0 Å². The summed E-state index contributed by atoms with van der Waals surface area (Å²) in [5.74, 6) is 0.888. The summed E-state index contributed by atoms with van der Waals surface area (Å²) in [6.45, 7) is 0.464. The smallest absolute Gasteiger partial charge is 0.129 e. The number of pyridine rings is 1. The Balaban J connectivity index is 1.79. The predicted molar refractivity (Wildman–Crippen MR) is 83.5 cm³/mol. The molecule has 21 heavy (non-hydrogen) atoms. The van der Waals surface area contributed by atoms with E-state index in [0.29, 0.717) is 12.2 Å². The summed E-state index contributed by atoms with van der Waals surface area (Å²) in [6.07, 6.45) is 1.77. The number of fused-ring (bicyclic) bond motifs is 1. The first kappa shape index (κ1) is 13.1. The largest absolute Gasteiger partial charge is 0.488 e. The van der Waals surface area contributed by atoms with Crippen molar-refractivity contribution in [2.45, 2.75) is 6.61 Å². The quantitative estimate of drug-likeness (QED) is 0.568. The van der Waals surface area contributed by atoms with Crippen LogP contribution in [0.5, 0.6) is 5.75 Å². The van der Waals surface area contributed by atoms with Gasteiger partial charge in [0, 0.05) is 17.1 Å². The Kier molecular flexibility index (Phi) is 3.51. The molecule has 0 unspecified atom stereocenters. The Labute approximate surface area is 122 Å². The molecule has 104 valence electrons. The van der Waals surface area contributed by atoms with E-state index in [-0.39, 0.29) is 5.84 Å². The number of rotatable bonds is 4. The molecule has 1 aromatic heterocycles. The van der Waals surface area contributed by atoms with Crippen molar-refractivity contribution in [3.05, 3.63) is 71.9 Å². The lowest BCUT2D eigenvalue weighted by molar-refractivity contribution is 0.310. The first-order valence-electron chi connectivity index (χ1n) is 6.64. The fourth-order valence-corrected chi connectivity index (χ4v) is 2.14. The van der Waals surface area contributed by atoms with E-state index in [1.807, 2.05) is 54.6 Å². The number of aromatic nitrogens is 1. The van der Waals surface area contributed by atoms with Crippen molar-refractivity contribution >= 4 is 16.7 Å². The summed E-state index contributed by atoms with van der Waals surface area (Å²) in [4.78, 5) is 4.31. The number of amidine groups is 1. The SMILES string of the molecule is N=C(N)c1ccc(COc2cccc3ncccc23)cc1. The van der Waals surface area contributed by atoms with E-state index < -0.39 is 0 Å². The second-order valence-corrected chi connectivity index (χ2v) is 4.73. The Bertz CT molecular complexity index is 776. The van der Waals surface area contributed by atoms with Crippen molar-refractivity contribution in [1.82, 2.24) is 4.98 Å². The number of nitrogens with two attached hydrogens (primary N) is 1. The van der Waals surface area contributed by atoms with Gasteiger partial charge < -0.3 is 10.5 Å². The molecule has 0 saturated heterocycles. The highest BCUT2D eigenvalue weighted by Crippen LogP contribution is 2.24. The van der Waals surface area contributed by atoms with Gasteiger partial charge in [-0.25, -0.2) is 0 Å². The Hall–Kier alpha value is -2.88. The summed E-state index contributed by atoms with van der Waals surface area (Å²) in [7, 11) is 0. The molecule has 0 aliphatic rings. The number of hydrogen-bond donors (Lipinski definition) is 2. The molecule has 0 atom stereocenters. The molecule has 1 heterocycles. The van der Waals surface area contributed by atoms with E-state index in [9.17, 15) is 0 Å². The number of hydrogen-bond acceptors (Lipinski definition) is 3. The minimum Gasteiger partial charge on any atom is -0.488 e. The minimum absolute atomic E-state index is 0.0718. The summed E-state index contributed by atoms with van der Waals surface area (Å²) >= 11 is 0. The van der Waals surface area contributed by atoms with Crippen LogP contribution in [0.4, 0.5) is 0 Å². The number of nitrogens with one attached hydrogen (secondary N) is 1. The summed E-state index contributed by atoms with van der Waals surface area (Å²) in [5.41, 5.74) is 8.10. The first-order valence-corrected chi connectivity index (χ1v) is 6.64. The van der Waals surface area contributed by atoms with Crippen molar-refractivity contribution in [2.24, 2.45) is 5.73 Å². The third kappa shape index (κ3) is 2.84. The second-order valence-electron chi connectivity index (χ2n) is 4.73. The van der Waals surface area contributed by atoms with Crippen molar-refractivity contribution < 1.29 is 4.74 Å². The third-order valence-electron chi connectivity index (χ3n) is 3.26. The highest BCUT2D eigenvalue weighted by atomic mass is 16.5. The van der Waals surface area contributed by atoms with Gasteiger partial charge in [0.15, 0.2) is 0 Å². The minimum atomic E-state index is 0.0718. The van der Waals surface area contributed by atoms with Gasteiger partial charge in [0.25, 0.3) is 0 Å². The highest BCUT2D eigenvalue weighted by molar-refractivity contribution is 5.94. The zero-order valence-corrected chi connectivity index (χ0v) is 11.4. The van der Waals surface area contributed by atoms with Crippen LogP contribution in [0.25, 0.3) is 10.9 Å². The fourth-order valence-electron chi connectivity index (χ4n) is 2.14. The first-order chi connectivity index (χ1) is 10.2. The topological polar surface area (TPSA) is 72.0 Å². The van der Waals surface area contributed by atoms with Gasteiger partial charge in [-0.2, -0.15) is 0 Å². The van der Waals surface area contributed by atoms with Crippen molar-refractivity contribution in [3.63, 3.8) is 0 Å². The van der Waals surface area contributed by atoms with Crippen molar-refractivity contribution in [2.75, 3.05) is 0 Å². The van der Waals surface area contributed by atoms with Gasteiger partial charge in [-0.1, -0.05) is 30.3 Å². The van der Waals surface area contributed by atoms with E-state index in [2.05, 4.69) is 4.98 Å². The molecule has 4 heteroatoms. The Morgan fingerprint density at radius 3 is 2.62 bits per heavy atom. The number of benzene rings is 2. The molecule has 0 fully saturated rings. The normalized spacial score (nSPS) is 10.5. The average molecular weight is 277 g/mol. The predicted octanol–water partition coefficient (Wildman–Crippen LogP) is 3.10. The maximum absolute atomic E-state index is 7.37. The molecule has 3 N–H and O–H groups in total. The molecular weight excluding hydrogens is 262 g/mol. The maximum atomic E-state index is 7.37. The highest BCUT2D eigenvalue weighted by Gasteiger charge is 2.03. The maximum Gasteiger partial charge on any atom is 0.129 e. The fraction of sp³-hybridized carbons (Fsp3) is 0.0588. The van der Waals surface area contributed by atoms with Crippen molar-refractivity contribution in [1.29, 1.82) is 5.41 Å². The van der Waals surface area contributed by atoms with E-state index in [0.717, 1.165) is 22.2 Å². The van der Waals surface area contributed by atoms with Gasteiger partial charge in [0.05, 0.1) is 5.52 Å². The van der Waals surface area contributed by atoms with Crippen LogP contribution >= 0.6 is 0 Å². The van der Waals surface area contributed by atoms with Crippen molar-refractivity contribution in [3.8, 4) is 5.75 Å². The summed E-state index contributed by atoms with van der Waals surface area (Å²) in [5, 5.41) is 8.37. The lowest BCUT2D eigenvalue weighted by Gasteiger charge is -2.09. The molecule has 3 rings (SSSR count). The van der Waals surface area contributed by atoms with Gasteiger partial charge in [-0.3, -0.25) is 10.4 Å². The summed E-state index contributed by atoms with van der Waals surface area (Å²) in [6, 6.07) is 17.2. The van der Waals surface area contributed by atoms with Crippen LogP contribution in [0.3, 0.4) is 0 Å². The molecular formula is C17H15N3O. The number of ether oxygens (including phenoxy) is 1. The van der Waals surface area contributed by atoms with Gasteiger partial charge >= 0.3 is 0 Å². The lowest BCUT2D eigenvalue weighted by Crippen LogP contribution is -2.10. The summed E-state index contributed by atoms with van der Waals surface area (Å²) < 4.78 is 5.88. The van der Waals surface area contributed by atoms with Gasteiger partial charge in [-0.15, -0.1) is 0 Å². The zero-order chi connectivity index (χ0) is 14.7. The van der Waals surface area contributed by atoms with Crippen LogP contribution in [0.1, 0.15) is 11.1 Å². The Morgan fingerprint density at radius 2 is 1.86 bits per heavy atom. The zero-order valence-electron chi connectivity index (χ0n) is 11.4. The number of nitrogens with zero attached hydrogens (tertiary/aromatic N) is 1. The van der Waals surface area contributed by atoms with Gasteiger partial charge in [-0.05, 0) is 29.8 Å². The molecule has 4 nitrogen and oxygen atoms in total. The second kappa shape index (κ2) is 5.63. The van der Waals surface area contributed by atoms with E-state index in [4.69, 9.17) is 15.9 Å². The molecule has 0 bridgehead atoms. The van der Waals surface area contributed by atoms with Crippen LogP contribution in [0.15, 0.2) is 60.8 Å². The molecule has 0 radical (unpaired) electrons. The van der Waals surface area contributed by atoms with Crippen LogP contribution in [0, 0.1) is 5.41 Å². The van der Waals surface area contributed by atoms with E-state index >= 15 is 0 Å².